The van der Waals surface area contributed by atoms with Gasteiger partial charge in [0, 0.05) is 21.3 Å². The summed E-state index contributed by atoms with van der Waals surface area (Å²) >= 11 is 7.23. The van der Waals surface area contributed by atoms with Crippen molar-refractivity contribution in [1.29, 1.82) is 5.26 Å². The Bertz CT molecular complexity index is 1130. The Morgan fingerprint density at radius 2 is 2.04 bits per heavy atom. The van der Waals surface area contributed by atoms with Crippen LogP contribution in [0.3, 0.4) is 0 Å². The zero-order valence-electron chi connectivity index (χ0n) is 12.1. The van der Waals surface area contributed by atoms with Crippen molar-refractivity contribution in [2.75, 3.05) is 0 Å². The minimum absolute atomic E-state index is 0.0147. The van der Waals surface area contributed by atoms with Crippen LogP contribution in [0, 0.1) is 17.1 Å². The standard InChI is InChI=1S/C18H8ClFN2OS/c19-11-5-6-14(13(20)7-11)23-17-10(8-21)9-22-16-12-3-1-2-4-15(12)24-18(16)17/h1-7,9H. The molecule has 24 heavy (non-hydrogen) atoms. The first-order chi connectivity index (χ1) is 11.7. The van der Waals surface area contributed by atoms with Crippen molar-refractivity contribution in [3.63, 3.8) is 0 Å². The van der Waals surface area contributed by atoms with Crippen LogP contribution in [-0.4, -0.2) is 4.98 Å². The van der Waals surface area contributed by atoms with Gasteiger partial charge < -0.3 is 4.74 Å². The highest BCUT2D eigenvalue weighted by molar-refractivity contribution is 7.26. The van der Waals surface area contributed by atoms with Gasteiger partial charge in [-0.05, 0) is 24.3 Å². The van der Waals surface area contributed by atoms with Gasteiger partial charge in [-0.15, -0.1) is 11.3 Å². The highest BCUT2D eigenvalue weighted by atomic mass is 35.5. The molecule has 0 aliphatic rings. The van der Waals surface area contributed by atoms with Crippen molar-refractivity contribution in [2.45, 2.75) is 0 Å². The van der Waals surface area contributed by atoms with Gasteiger partial charge >= 0.3 is 0 Å². The molecule has 0 spiro atoms. The summed E-state index contributed by atoms with van der Waals surface area (Å²) in [6, 6.07) is 14.0. The van der Waals surface area contributed by atoms with Gasteiger partial charge in [0.25, 0.3) is 0 Å². The van der Waals surface area contributed by atoms with E-state index < -0.39 is 5.82 Å². The van der Waals surface area contributed by atoms with Crippen LogP contribution in [-0.2, 0) is 0 Å². The fourth-order valence-corrected chi connectivity index (χ4v) is 3.78. The molecule has 0 aliphatic heterocycles. The summed E-state index contributed by atoms with van der Waals surface area (Å²) < 4.78 is 21.6. The first kappa shape index (κ1) is 14.9. The lowest BCUT2D eigenvalue weighted by Crippen LogP contribution is -1.93. The molecule has 0 radical (unpaired) electrons. The first-order valence-corrected chi connectivity index (χ1v) is 8.20. The van der Waals surface area contributed by atoms with E-state index in [1.165, 1.54) is 35.7 Å². The van der Waals surface area contributed by atoms with E-state index in [1.807, 2.05) is 24.3 Å². The maximum absolute atomic E-state index is 14.1. The molecular weight excluding hydrogens is 347 g/mol. The fraction of sp³-hybridized carbons (Fsp3) is 0. The normalized spacial score (nSPS) is 10.9. The smallest absolute Gasteiger partial charge is 0.167 e. The summed E-state index contributed by atoms with van der Waals surface area (Å²) in [6.45, 7) is 0. The number of pyridine rings is 1. The molecule has 0 fully saturated rings. The number of fused-ring (bicyclic) bond motifs is 3. The Morgan fingerprint density at radius 1 is 1.21 bits per heavy atom. The fourth-order valence-electron chi connectivity index (χ4n) is 2.47. The number of nitriles is 1. The van der Waals surface area contributed by atoms with Gasteiger partial charge in [-0.25, -0.2) is 4.39 Å². The van der Waals surface area contributed by atoms with E-state index in [-0.39, 0.29) is 16.3 Å². The van der Waals surface area contributed by atoms with Gasteiger partial charge in [0.05, 0.1) is 10.2 Å². The van der Waals surface area contributed by atoms with Gasteiger partial charge in [0.15, 0.2) is 17.3 Å². The highest BCUT2D eigenvalue weighted by Crippen LogP contribution is 2.41. The summed E-state index contributed by atoms with van der Waals surface area (Å²) in [4.78, 5) is 4.37. The van der Waals surface area contributed by atoms with Gasteiger partial charge in [0.1, 0.15) is 11.6 Å². The zero-order valence-corrected chi connectivity index (χ0v) is 13.7. The molecule has 4 rings (SSSR count). The molecule has 2 aromatic carbocycles. The summed E-state index contributed by atoms with van der Waals surface area (Å²) in [5.74, 6) is -0.261. The van der Waals surface area contributed by atoms with E-state index in [4.69, 9.17) is 16.3 Å². The van der Waals surface area contributed by atoms with Crippen LogP contribution >= 0.6 is 22.9 Å². The Hall–Kier alpha value is -2.68. The number of benzene rings is 2. The molecule has 4 aromatic rings. The van der Waals surface area contributed by atoms with Crippen molar-refractivity contribution in [3.05, 3.63) is 65.1 Å². The molecule has 6 heteroatoms. The van der Waals surface area contributed by atoms with Crippen LogP contribution in [0.25, 0.3) is 20.3 Å². The average Bonchev–Trinajstić information content (AvgIpc) is 2.96. The predicted molar refractivity (Wildman–Crippen MR) is 93.3 cm³/mol. The number of thiophene rings is 1. The number of hydrogen-bond donors (Lipinski definition) is 0. The zero-order chi connectivity index (χ0) is 16.7. The lowest BCUT2D eigenvalue weighted by atomic mass is 10.2. The molecule has 116 valence electrons. The topological polar surface area (TPSA) is 45.9 Å². The van der Waals surface area contributed by atoms with E-state index in [2.05, 4.69) is 11.1 Å². The maximum atomic E-state index is 14.1. The largest absolute Gasteiger partial charge is 0.451 e. The number of ether oxygens (including phenoxy) is 1. The Balaban J connectivity index is 1.97. The number of rotatable bonds is 2. The highest BCUT2D eigenvalue weighted by Gasteiger charge is 2.17. The summed E-state index contributed by atoms with van der Waals surface area (Å²) in [5, 5.41) is 10.6. The molecule has 0 amide bonds. The second-order valence-corrected chi connectivity index (χ2v) is 6.55. The third-order valence-electron chi connectivity index (χ3n) is 3.57. The van der Waals surface area contributed by atoms with Gasteiger partial charge in [-0.1, -0.05) is 29.8 Å². The summed E-state index contributed by atoms with van der Waals surface area (Å²) in [7, 11) is 0. The SMILES string of the molecule is N#Cc1cnc2c(sc3ccccc32)c1Oc1ccc(Cl)cc1F. The molecule has 3 nitrogen and oxygen atoms in total. The minimum Gasteiger partial charge on any atom is -0.451 e. The maximum Gasteiger partial charge on any atom is 0.167 e. The third kappa shape index (κ3) is 2.37. The molecule has 0 saturated heterocycles. The summed E-state index contributed by atoms with van der Waals surface area (Å²) in [5.41, 5.74) is 0.988. The van der Waals surface area contributed by atoms with E-state index in [0.29, 0.717) is 10.4 Å². The van der Waals surface area contributed by atoms with Crippen LogP contribution < -0.4 is 4.74 Å². The lowest BCUT2D eigenvalue weighted by Gasteiger charge is -2.09. The van der Waals surface area contributed by atoms with E-state index in [1.54, 1.807) is 0 Å². The third-order valence-corrected chi connectivity index (χ3v) is 4.96. The molecule has 0 saturated carbocycles. The predicted octanol–water partition coefficient (Wildman–Crippen LogP) is 5.91. The molecule has 2 heterocycles. The molecule has 2 aromatic heterocycles. The minimum atomic E-state index is -0.586. The monoisotopic (exact) mass is 354 g/mol. The lowest BCUT2D eigenvalue weighted by molar-refractivity contribution is 0.445. The van der Waals surface area contributed by atoms with Crippen LogP contribution in [0.5, 0.6) is 11.5 Å². The van der Waals surface area contributed by atoms with Crippen LogP contribution in [0.2, 0.25) is 5.02 Å². The second kappa shape index (κ2) is 5.75. The van der Waals surface area contributed by atoms with E-state index in [0.717, 1.165) is 15.6 Å². The van der Waals surface area contributed by atoms with Gasteiger partial charge in [-0.3, -0.25) is 4.98 Å². The van der Waals surface area contributed by atoms with E-state index >= 15 is 0 Å². The van der Waals surface area contributed by atoms with Crippen molar-refractivity contribution >= 4 is 43.2 Å². The molecule has 0 N–H and O–H groups in total. The Kier molecular flexibility index (Phi) is 3.57. The molecule has 0 unspecified atom stereocenters. The first-order valence-electron chi connectivity index (χ1n) is 7.00. The van der Waals surface area contributed by atoms with Crippen molar-refractivity contribution in [3.8, 4) is 17.6 Å². The van der Waals surface area contributed by atoms with Crippen LogP contribution in [0.15, 0.2) is 48.7 Å². The number of aromatic nitrogens is 1. The van der Waals surface area contributed by atoms with Crippen LogP contribution in [0.1, 0.15) is 5.56 Å². The van der Waals surface area contributed by atoms with E-state index in [9.17, 15) is 9.65 Å². The molecular formula is C18H8ClFN2OS. The molecule has 0 bridgehead atoms. The van der Waals surface area contributed by atoms with Crippen molar-refractivity contribution in [2.24, 2.45) is 0 Å². The van der Waals surface area contributed by atoms with Crippen molar-refractivity contribution in [1.82, 2.24) is 4.98 Å². The Labute approximate surface area is 145 Å². The number of nitrogens with zero attached hydrogens (tertiary/aromatic N) is 2. The molecule has 0 aliphatic carbocycles. The van der Waals surface area contributed by atoms with Crippen LogP contribution in [0.4, 0.5) is 4.39 Å². The molecule has 0 atom stereocenters. The average molecular weight is 355 g/mol. The number of hydrogen-bond acceptors (Lipinski definition) is 4. The van der Waals surface area contributed by atoms with Gasteiger partial charge in [-0.2, -0.15) is 5.26 Å². The van der Waals surface area contributed by atoms with Gasteiger partial charge in [0.2, 0.25) is 0 Å². The number of halogens is 2. The van der Waals surface area contributed by atoms with Crippen molar-refractivity contribution < 1.29 is 9.13 Å². The summed E-state index contributed by atoms with van der Waals surface area (Å²) in [6.07, 6.45) is 1.45. The Morgan fingerprint density at radius 3 is 2.83 bits per heavy atom. The quantitative estimate of drug-likeness (QED) is 0.449. The second-order valence-electron chi connectivity index (χ2n) is 5.07.